The molecule has 2 aromatic rings. The zero-order chi connectivity index (χ0) is 21.5. The molecule has 0 aliphatic heterocycles. The van der Waals surface area contributed by atoms with Crippen LogP contribution in [-0.2, 0) is 9.53 Å². The standard InChI is InChI=1S/C20H23F2N3O3S2/c1-2-28-17(26)12-29-18-10-23-19(30-18)24-20(27)25(11-13-5-3-4-6-13)16-9-14(21)7-8-15(16)22/h7-10,13H,2-6,11-12H2,1H3,(H,23,24,27). The third-order valence-electron chi connectivity index (χ3n) is 4.70. The van der Waals surface area contributed by atoms with Crippen molar-refractivity contribution in [3.63, 3.8) is 0 Å². The molecule has 1 N–H and O–H groups in total. The molecule has 0 radical (unpaired) electrons. The SMILES string of the molecule is CCOC(=O)CSc1cnc(NC(=O)N(CC2CCCC2)c2cc(F)ccc2F)s1. The summed E-state index contributed by atoms with van der Waals surface area (Å²) in [4.78, 5) is 29.8. The first-order valence-electron chi connectivity index (χ1n) is 9.74. The molecule has 162 valence electrons. The molecule has 30 heavy (non-hydrogen) atoms. The maximum atomic E-state index is 14.4. The fourth-order valence-electron chi connectivity index (χ4n) is 3.31. The maximum Gasteiger partial charge on any atom is 0.328 e. The second-order valence-corrected chi connectivity index (χ2v) is 9.17. The van der Waals surface area contributed by atoms with Crippen molar-refractivity contribution in [3.05, 3.63) is 36.0 Å². The quantitative estimate of drug-likeness (QED) is 0.432. The van der Waals surface area contributed by atoms with Gasteiger partial charge in [0.25, 0.3) is 0 Å². The molecular formula is C20H23F2N3O3S2. The Morgan fingerprint density at radius 1 is 1.33 bits per heavy atom. The van der Waals surface area contributed by atoms with Crippen molar-refractivity contribution in [2.75, 3.05) is 29.1 Å². The minimum atomic E-state index is -0.658. The lowest BCUT2D eigenvalue weighted by molar-refractivity contribution is -0.139. The first-order valence-corrected chi connectivity index (χ1v) is 11.5. The first-order chi connectivity index (χ1) is 14.5. The van der Waals surface area contributed by atoms with E-state index >= 15 is 0 Å². The third-order valence-corrected chi connectivity index (χ3v) is 6.78. The summed E-state index contributed by atoms with van der Waals surface area (Å²) in [5, 5.41) is 2.99. The molecule has 6 nitrogen and oxygen atoms in total. The lowest BCUT2D eigenvalue weighted by Crippen LogP contribution is -2.38. The number of halogens is 2. The van der Waals surface area contributed by atoms with Gasteiger partial charge in [0.05, 0.1) is 28.5 Å². The van der Waals surface area contributed by atoms with E-state index in [2.05, 4.69) is 10.3 Å². The summed E-state index contributed by atoms with van der Waals surface area (Å²) in [5.74, 6) is -1.21. The van der Waals surface area contributed by atoms with E-state index in [1.54, 1.807) is 13.1 Å². The molecule has 1 aliphatic carbocycles. The molecule has 0 spiro atoms. The van der Waals surface area contributed by atoms with Crippen LogP contribution in [0.25, 0.3) is 0 Å². The Hall–Kier alpha value is -2.20. The van der Waals surface area contributed by atoms with Gasteiger partial charge in [0.2, 0.25) is 0 Å². The normalized spacial score (nSPS) is 14.0. The summed E-state index contributed by atoms with van der Waals surface area (Å²) in [6.45, 7) is 2.36. The highest BCUT2D eigenvalue weighted by atomic mass is 32.2. The van der Waals surface area contributed by atoms with Gasteiger partial charge >= 0.3 is 12.0 Å². The highest BCUT2D eigenvalue weighted by Crippen LogP contribution is 2.31. The second kappa shape index (κ2) is 10.7. The van der Waals surface area contributed by atoms with E-state index in [1.165, 1.54) is 28.0 Å². The summed E-state index contributed by atoms with van der Waals surface area (Å²) < 4.78 is 33.7. The van der Waals surface area contributed by atoms with Crippen LogP contribution in [0.2, 0.25) is 0 Å². The van der Waals surface area contributed by atoms with E-state index in [1.807, 2.05) is 0 Å². The van der Waals surface area contributed by atoms with E-state index in [0.29, 0.717) is 18.3 Å². The van der Waals surface area contributed by atoms with Crippen molar-refractivity contribution in [1.29, 1.82) is 0 Å². The van der Waals surface area contributed by atoms with Crippen LogP contribution in [-0.4, -0.2) is 35.9 Å². The number of carbonyl (C=O) groups excluding carboxylic acids is 2. The summed E-state index contributed by atoms with van der Waals surface area (Å²) >= 11 is 2.46. The van der Waals surface area contributed by atoms with Crippen LogP contribution in [0.5, 0.6) is 0 Å². The topological polar surface area (TPSA) is 71.5 Å². The molecule has 1 aromatic carbocycles. The van der Waals surface area contributed by atoms with Gasteiger partial charge in [-0.1, -0.05) is 24.2 Å². The van der Waals surface area contributed by atoms with Gasteiger partial charge in [-0.2, -0.15) is 0 Å². The summed E-state index contributed by atoms with van der Waals surface area (Å²) in [7, 11) is 0. The number of carbonyl (C=O) groups is 2. The molecule has 2 amide bonds. The number of ether oxygens (including phenoxy) is 1. The van der Waals surface area contributed by atoms with Crippen molar-refractivity contribution >= 4 is 45.9 Å². The zero-order valence-corrected chi connectivity index (χ0v) is 18.2. The Labute approximate surface area is 182 Å². The number of hydrogen-bond acceptors (Lipinski definition) is 6. The summed E-state index contributed by atoms with van der Waals surface area (Å²) in [6.07, 6.45) is 5.59. The van der Waals surface area contributed by atoms with Gasteiger partial charge < -0.3 is 4.74 Å². The number of hydrogen-bond donors (Lipinski definition) is 1. The van der Waals surface area contributed by atoms with Crippen LogP contribution < -0.4 is 10.2 Å². The summed E-state index contributed by atoms with van der Waals surface area (Å²) in [5.41, 5.74) is -0.0899. The molecule has 0 unspecified atom stereocenters. The molecule has 1 heterocycles. The molecule has 1 aromatic heterocycles. The molecule has 1 aliphatic rings. The highest BCUT2D eigenvalue weighted by molar-refractivity contribution is 8.01. The molecule has 10 heteroatoms. The monoisotopic (exact) mass is 455 g/mol. The smallest absolute Gasteiger partial charge is 0.328 e. The van der Waals surface area contributed by atoms with Crippen LogP contribution in [0.15, 0.2) is 28.6 Å². The fourth-order valence-corrected chi connectivity index (χ4v) is 4.97. The minimum Gasteiger partial charge on any atom is -0.465 e. The average Bonchev–Trinajstić information content (AvgIpc) is 3.39. The number of nitrogens with zero attached hydrogens (tertiary/aromatic N) is 2. The number of nitrogens with one attached hydrogen (secondary N) is 1. The van der Waals surface area contributed by atoms with Crippen molar-refractivity contribution in [2.45, 2.75) is 36.8 Å². The molecule has 0 atom stereocenters. The number of thioether (sulfide) groups is 1. The maximum absolute atomic E-state index is 14.4. The number of rotatable bonds is 8. The molecule has 0 saturated heterocycles. The van der Waals surface area contributed by atoms with Gasteiger partial charge in [-0.3, -0.25) is 15.0 Å². The number of anilines is 2. The van der Waals surface area contributed by atoms with Crippen LogP contribution in [0.4, 0.5) is 24.4 Å². The van der Waals surface area contributed by atoms with Gasteiger partial charge in [-0.15, -0.1) is 11.8 Å². The Balaban J connectivity index is 1.70. The van der Waals surface area contributed by atoms with Crippen molar-refractivity contribution < 1.29 is 23.1 Å². The van der Waals surface area contributed by atoms with E-state index in [4.69, 9.17) is 4.74 Å². The van der Waals surface area contributed by atoms with Crippen molar-refractivity contribution in [1.82, 2.24) is 4.98 Å². The average molecular weight is 456 g/mol. The van der Waals surface area contributed by atoms with Crippen LogP contribution in [0.1, 0.15) is 32.6 Å². The van der Waals surface area contributed by atoms with Gasteiger partial charge in [0.15, 0.2) is 5.13 Å². The predicted molar refractivity (Wildman–Crippen MR) is 114 cm³/mol. The van der Waals surface area contributed by atoms with E-state index in [-0.39, 0.29) is 23.3 Å². The number of thiazole rings is 1. The number of urea groups is 1. The zero-order valence-electron chi connectivity index (χ0n) is 16.5. The van der Waals surface area contributed by atoms with Gasteiger partial charge in [0.1, 0.15) is 11.6 Å². The van der Waals surface area contributed by atoms with Crippen molar-refractivity contribution in [3.8, 4) is 0 Å². The number of amides is 2. The summed E-state index contributed by atoms with van der Waals surface area (Å²) in [6, 6.07) is 2.51. The lowest BCUT2D eigenvalue weighted by atomic mass is 10.1. The Kier molecular flexibility index (Phi) is 8.03. The minimum absolute atomic E-state index is 0.0899. The Morgan fingerprint density at radius 2 is 2.10 bits per heavy atom. The van der Waals surface area contributed by atoms with Gasteiger partial charge in [0, 0.05) is 12.6 Å². The fraction of sp³-hybridized carbons (Fsp3) is 0.450. The van der Waals surface area contributed by atoms with Gasteiger partial charge in [-0.25, -0.2) is 18.6 Å². The van der Waals surface area contributed by atoms with Crippen molar-refractivity contribution in [2.24, 2.45) is 5.92 Å². The third kappa shape index (κ3) is 6.15. The van der Waals surface area contributed by atoms with Crippen LogP contribution in [0.3, 0.4) is 0 Å². The number of benzene rings is 1. The van der Waals surface area contributed by atoms with Gasteiger partial charge in [-0.05, 0) is 37.8 Å². The molecular weight excluding hydrogens is 432 g/mol. The molecule has 0 bridgehead atoms. The largest absolute Gasteiger partial charge is 0.465 e. The highest BCUT2D eigenvalue weighted by Gasteiger charge is 2.26. The van der Waals surface area contributed by atoms with E-state index < -0.39 is 17.7 Å². The van der Waals surface area contributed by atoms with Crippen LogP contribution in [0, 0.1) is 17.6 Å². The predicted octanol–water partition coefficient (Wildman–Crippen LogP) is 5.31. The molecule has 3 rings (SSSR count). The first kappa shape index (κ1) is 22.5. The number of esters is 1. The molecule has 1 saturated carbocycles. The number of aromatic nitrogens is 1. The second-order valence-electron chi connectivity index (χ2n) is 6.87. The van der Waals surface area contributed by atoms with E-state index in [9.17, 15) is 18.4 Å². The molecule has 1 fully saturated rings. The Morgan fingerprint density at radius 3 is 2.83 bits per heavy atom. The van der Waals surface area contributed by atoms with E-state index in [0.717, 1.165) is 48.1 Å². The Bertz CT molecular complexity index is 888. The lowest BCUT2D eigenvalue weighted by Gasteiger charge is -2.26. The van der Waals surface area contributed by atoms with Crippen LogP contribution >= 0.6 is 23.1 Å².